The summed E-state index contributed by atoms with van der Waals surface area (Å²) in [5.41, 5.74) is -0.414. The molecule has 3 nitrogen and oxygen atoms in total. The third-order valence-electron chi connectivity index (χ3n) is 1.19. The van der Waals surface area contributed by atoms with E-state index in [1.807, 2.05) is 0 Å². The summed E-state index contributed by atoms with van der Waals surface area (Å²) in [6, 6.07) is 3.01. The molecule has 0 heterocycles. The van der Waals surface area contributed by atoms with Gasteiger partial charge in [0, 0.05) is 12.1 Å². The number of halogens is 1. The Balaban J connectivity index is 3.15. The zero-order chi connectivity index (χ0) is 8.43. The molecule has 0 unspecified atom stereocenters. The second-order valence-corrected chi connectivity index (χ2v) is 1.96. The Morgan fingerprint density at radius 1 is 1.55 bits per heavy atom. The van der Waals surface area contributed by atoms with Crippen molar-refractivity contribution in [1.29, 1.82) is 0 Å². The molecule has 0 aromatic heterocycles. The van der Waals surface area contributed by atoms with Gasteiger partial charge in [0.2, 0.25) is 0 Å². The first-order valence-electron chi connectivity index (χ1n) is 2.80. The molecule has 0 aliphatic carbocycles. The van der Waals surface area contributed by atoms with E-state index in [-0.39, 0.29) is 11.2 Å². The van der Waals surface area contributed by atoms with Crippen molar-refractivity contribution in [3.63, 3.8) is 0 Å². The summed E-state index contributed by atoms with van der Waals surface area (Å²) < 4.78 is 12.4. The standard InChI is InChI=1S/C6H3BFNO2/c7-5-3-4(9(10)11)1-2-6(5)8/h1-3H. The average molecular weight is 151 g/mol. The number of non-ortho nitro benzene ring substituents is 1. The molecule has 5 heteroatoms. The minimum Gasteiger partial charge on any atom is -0.258 e. The van der Waals surface area contributed by atoms with Crippen molar-refractivity contribution in [3.8, 4) is 0 Å². The molecular formula is C6H3BFNO2. The second kappa shape index (κ2) is 2.69. The largest absolute Gasteiger partial charge is 0.269 e. The smallest absolute Gasteiger partial charge is 0.258 e. The van der Waals surface area contributed by atoms with Crippen LogP contribution < -0.4 is 5.46 Å². The maximum atomic E-state index is 12.4. The highest BCUT2D eigenvalue weighted by Gasteiger charge is 2.06. The fourth-order valence-electron chi connectivity index (χ4n) is 0.645. The Hall–Kier alpha value is -1.39. The third-order valence-corrected chi connectivity index (χ3v) is 1.19. The lowest BCUT2D eigenvalue weighted by Crippen LogP contribution is -2.08. The average Bonchev–Trinajstić information content (AvgIpc) is 1.94. The zero-order valence-electron chi connectivity index (χ0n) is 5.45. The van der Waals surface area contributed by atoms with Crippen LogP contribution in [-0.2, 0) is 0 Å². The molecule has 11 heavy (non-hydrogen) atoms. The van der Waals surface area contributed by atoms with Crippen LogP contribution in [-0.4, -0.2) is 12.8 Å². The van der Waals surface area contributed by atoms with Crippen LogP contribution in [0, 0.1) is 15.9 Å². The lowest BCUT2D eigenvalue weighted by atomic mass is 9.95. The van der Waals surface area contributed by atoms with E-state index in [0.717, 1.165) is 18.2 Å². The van der Waals surface area contributed by atoms with Gasteiger partial charge in [0.05, 0.1) is 4.92 Å². The summed E-state index contributed by atoms with van der Waals surface area (Å²) in [7, 11) is 5.08. The number of nitrogens with zero attached hydrogens (tertiary/aromatic N) is 1. The first-order valence-corrected chi connectivity index (χ1v) is 2.80. The van der Waals surface area contributed by atoms with Gasteiger partial charge in [0.25, 0.3) is 5.69 Å². The van der Waals surface area contributed by atoms with Crippen LogP contribution in [0.1, 0.15) is 0 Å². The number of benzene rings is 1. The molecule has 2 radical (unpaired) electrons. The highest BCUT2D eigenvalue weighted by molar-refractivity contribution is 6.32. The van der Waals surface area contributed by atoms with Gasteiger partial charge in [0.1, 0.15) is 13.7 Å². The van der Waals surface area contributed by atoms with Crippen LogP contribution >= 0.6 is 0 Å². The van der Waals surface area contributed by atoms with E-state index >= 15 is 0 Å². The Morgan fingerprint density at radius 3 is 2.64 bits per heavy atom. The summed E-state index contributed by atoms with van der Waals surface area (Å²) in [6.07, 6.45) is 0. The highest BCUT2D eigenvalue weighted by Crippen LogP contribution is 2.07. The van der Waals surface area contributed by atoms with Crippen LogP contribution in [0.2, 0.25) is 0 Å². The van der Waals surface area contributed by atoms with Gasteiger partial charge in [-0.2, -0.15) is 0 Å². The van der Waals surface area contributed by atoms with E-state index in [1.165, 1.54) is 0 Å². The van der Waals surface area contributed by atoms with Crippen molar-refractivity contribution < 1.29 is 9.31 Å². The first kappa shape index (κ1) is 7.72. The molecule has 54 valence electrons. The van der Waals surface area contributed by atoms with Crippen molar-refractivity contribution in [1.82, 2.24) is 0 Å². The van der Waals surface area contributed by atoms with Crippen LogP contribution in [0.4, 0.5) is 10.1 Å². The maximum absolute atomic E-state index is 12.4. The number of nitro benzene ring substituents is 1. The molecular weight excluding hydrogens is 148 g/mol. The molecule has 0 aliphatic rings. The molecule has 1 aromatic carbocycles. The van der Waals surface area contributed by atoms with Crippen molar-refractivity contribution in [2.75, 3.05) is 0 Å². The maximum Gasteiger partial charge on any atom is 0.269 e. The Labute approximate surface area is 63.4 Å². The fraction of sp³-hybridized carbons (Fsp3) is 0. The van der Waals surface area contributed by atoms with Crippen LogP contribution in [0.25, 0.3) is 0 Å². The summed E-state index contributed by atoms with van der Waals surface area (Å²) >= 11 is 0. The molecule has 0 N–H and O–H groups in total. The minimum atomic E-state index is -0.643. The zero-order valence-corrected chi connectivity index (χ0v) is 5.45. The van der Waals surface area contributed by atoms with Gasteiger partial charge < -0.3 is 0 Å². The van der Waals surface area contributed by atoms with E-state index in [1.54, 1.807) is 0 Å². The summed E-state index contributed by atoms with van der Waals surface area (Å²) in [5, 5.41) is 10.1. The molecule has 0 amide bonds. The quantitative estimate of drug-likeness (QED) is 0.333. The number of hydrogen-bond acceptors (Lipinski definition) is 2. The molecule has 1 aromatic rings. The van der Waals surface area contributed by atoms with Crippen LogP contribution in [0.15, 0.2) is 18.2 Å². The molecule has 0 bridgehead atoms. The van der Waals surface area contributed by atoms with Gasteiger partial charge in [-0.25, -0.2) is 4.39 Å². The van der Waals surface area contributed by atoms with Gasteiger partial charge in [-0.05, 0) is 6.07 Å². The summed E-state index contributed by atoms with van der Waals surface area (Å²) in [6.45, 7) is 0. The van der Waals surface area contributed by atoms with E-state index in [2.05, 4.69) is 0 Å². The minimum absolute atomic E-state index is 0.205. The summed E-state index contributed by atoms with van der Waals surface area (Å²) in [5.74, 6) is -0.643. The van der Waals surface area contributed by atoms with Gasteiger partial charge in [-0.15, -0.1) is 0 Å². The third kappa shape index (κ3) is 1.55. The molecule has 1 rings (SSSR count). The van der Waals surface area contributed by atoms with Crippen LogP contribution in [0.5, 0.6) is 0 Å². The van der Waals surface area contributed by atoms with Gasteiger partial charge in [-0.3, -0.25) is 10.1 Å². The van der Waals surface area contributed by atoms with E-state index in [0.29, 0.717) is 0 Å². The predicted octanol–water partition coefficient (Wildman–Crippen LogP) is 0.528. The number of hydrogen-bond donors (Lipinski definition) is 0. The van der Waals surface area contributed by atoms with Gasteiger partial charge in [-0.1, -0.05) is 5.46 Å². The lowest BCUT2D eigenvalue weighted by molar-refractivity contribution is -0.384. The SMILES string of the molecule is [B]c1cc([N+](=O)[O-])ccc1F. The Morgan fingerprint density at radius 2 is 2.18 bits per heavy atom. The molecule has 0 saturated heterocycles. The van der Waals surface area contributed by atoms with Crippen molar-refractivity contribution in [3.05, 3.63) is 34.1 Å². The molecule has 0 fully saturated rings. The number of rotatable bonds is 1. The monoisotopic (exact) mass is 151 g/mol. The predicted molar refractivity (Wildman–Crippen MR) is 38.4 cm³/mol. The molecule has 0 atom stereocenters. The van der Waals surface area contributed by atoms with Crippen molar-refractivity contribution in [2.45, 2.75) is 0 Å². The Kier molecular flexibility index (Phi) is 1.89. The molecule has 0 saturated carbocycles. The van der Waals surface area contributed by atoms with Crippen LogP contribution in [0.3, 0.4) is 0 Å². The topological polar surface area (TPSA) is 43.1 Å². The van der Waals surface area contributed by atoms with Gasteiger partial charge in [0.15, 0.2) is 0 Å². The van der Waals surface area contributed by atoms with E-state index < -0.39 is 10.7 Å². The normalized spacial score (nSPS) is 9.55. The highest BCUT2D eigenvalue weighted by atomic mass is 19.1. The lowest BCUT2D eigenvalue weighted by Gasteiger charge is -1.94. The fourth-order valence-corrected chi connectivity index (χ4v) is 0.645. The van der Waals surface area contributed by atoms with E-state index in [4.69, 9.17) is 7.85 Å². The van der Waals surface area contributed by atoms with Crippen molar-refractivity contribution in [2.24, 2.45) is 0 Å². The first-order chi connectivity index (χ1) is 5.11. The second-order valence-electron chi connectivity index (χ2n) is 1.96. The molecule has 0 spiro atoms. The number of nitro groups is 1. The van der Waals surface area contributed by atoms with Crippen molar-refractivity contribution >= 4 is 19.0 Å². The van der Waals surface area contributed by atoms with Gasteiger partial charge >= 0.3 is 0 Å². The Bertz CT molecular complexity index is 303. The summed E-state index contributed by atoms with van der Waals surface area (Å²) in [4.78, 5) is 9.46. The van der Waals surface area contributed by atoms with E-state index in [9.17, 15) is 14.5 Å². The molecule has 0 aliphatic heterocycles.